The van der Waals surface area contributed by atoms with Gasteiger partial charge in [-0.05, 0) is 36.1 Å². The minimum absolute atomic E-state index is 0.0506. The smallest absolute Gasteiger partial charge is 0.409 e. The normalized spacial score (nSPS) is 12.1. The van der Waals surface area contributed by atoms with Crippen molar-refractivity contribution in [3.63, 3.8) is 0 Å². The van der Waals surface area contributed by atoms with E-state index in [-0.39, 0.29) is 25.1 Å². The molecule has 0 atom stereocenters. The molecule has 2 aromatic rings. The molecule has 29 heavy (non-hydrogen) atoms. The maximum Gasteiger partial charge on any atom is 0.409 e. The van der Waals surface area contributed by atoms with E-state index in [9.17, 15) is 14.4 Å². The van der Waals surface area contributed by atoms with Crippen LogP contribution < -0.4 is 10.6 Å². The standard InChI is InChI=1S/C22H25N3O4/c1-14(2)23-21(27)24-20(26)12-25(3)22(28)29-13-19-17-10-6-4-8-15(17)16-9-5-7-11-18(16)19/h4-11,14,19H,12-13H2,1-3H3,(H2,23,24,26,27). The van der Waals surface area contributed by atoms with Crippen LogP contribution in [0.3, 0.4) is 0 Å². The van der Waals surface area contributed by atoms with Gasteiger partial charge in [-0.1, -0.05) is 48.5 Å². The third-order valence-electron chi connectivity index (χ3n) is 4.70. The van der Waals surface area contributed by atoms with Crippen LogP contribution >= 0.6 is 0 Å². The van der Waals surface area contributed by atoms with Crippen molar-refractivity contribution < 1.29 is 19.1 Å². The fourth-order valence-corrected chi connectivity index (χ4v) is 3.45. The maximum absolute atomic E-state index is 12.3. The molecule has 2 aromatic carbocycles. The second kappa shape index (κ2) is 8.77. The molecular weight excluding hydrogens is 370 g/mol. The Morgan fingerprint density at radius 3 is 2.10 bits per heavy atom. The average molecular weight is 395 g/mol. The van der Waals surface area contributed by atoms with Crippen LogP contribution in [-0.4, -0.2) is 49.2 Å². The molecule has 0 saturated heterocycles. The van der Waals surface area contributed by atoms with E-state index in [0.29, 0.717) is 0 Å². The van der Waals surface area contributed by atoms with Gasteiger partial charge >= 0.3 is 12.1 Å². The molecule has 0 aromatic heterocycles. The van der Waals surface area contributed by atoms with Crippen molar-refractivity contribution in [3.8, 4) is 11.1 Å². The number of amides is 4. The van der Waals surface area contributed by atoms with E-state index in [2.05, 4.69) is 22.8 Å². The number of nitrogens with one attached hydrogen (secondary N) is 2. The lowest BCUT2D eigenvalue weighted by atomic mass is 9.98. The molecule has 2 N–H and O–H groups in total. The van der Waals surface area contributed by atoms with Crippen LogP contribution in [-0.2, 0) is 9.53 Å². The number of likely N-dealkylation sites (N-methyl/N-ethyl adjacent to an activating group) is 1. The van der Waals surface area contributed by atoms with Crippen LogP contribution in [0, 0.1) is 0 Å². The summed E-state index contributed by atoms with van der Waals surface area (Å²) >= 11 is 0. The monoisotopic (exact) mass is 395 g/mol. The minimum Gasteiger partial charge on any atom is -0.448 e. The number of benzene rings is 2. The molecule has 7 nitrogen and oxygen atoms in total. The van der Waals surface area contributed by atoms with Gasteiger partial charge in [0.2, 0.25) is 5.91 Å². The molecule has 0 bridgehead atoms. The summed E-state index contributed by atoms with van der Waals surface area (Å²) in [4.78, 5) is 37.0. The maximum atomic E-state index is 12.3. The zero-order valence-electron chi connectivity index (χ0n) is 16.8. The number of carbonyl (C=O) groups excluding carboxylic acids is 3. The van der Waals surface area contributed by atoms with Gasteiger partial charge in [0.05, 0.1) is 0 Å². The first-order valence-corrected chi connectivity index (χ1v) is 9.53. The number of rotatable bonds is 5. The predicted octanol–water partition coefficient (Wildman–Crippen LogP) is 3.10. The van der Waals surface area contributed by atoms with Crippen molar-refractivity contribution in [3.05, 3.63) is 59.7 Å². The largest absolute Gasteiger partial charge is 0.448 e. The molecular formula is C22H25N3O4. The summed E-state index contributed by atoms with van der Waals surface area (Å²) in [5, 5.41) is 4.73. The van der Waals surface area contributed by atoms with Crippen molar-refractivity contribution >= 4 is 18.0 Å². The van der Waals surface area contributed by atoms with Gasteiger partial charge in [0.1, 0.15) is 13.2 Å². The lowest BCUT2D eigenvalue weighted by molar-refractivity contribution is -0.120. The summed E-state index contributed by atoms with van der Waals surface area (Å²) in [6, 6.07) is 15.4. The number of ether oxygens (including phenoxy) is 1. The Bertz CT molecular complexity index is 880. The van der Waals surface area contributed by atoms with Gasteiger partial charge in [0.15, 0.2) is 0 Å². The molecule has 0 aliphatic heterocycles. The number of imide groups is 1. The molecule has 4 amide bonds. The first-order chi connectivity index (χ1) is 13.9. The predicted molar refractivity (Wildman–Crippen MR) is 110 cm³/mol. The molecule has 0 radical (unpaired) electrons. The van der Waals surface area contributed by atoms with Gasteiger partial charge in [-0.25, -0.2) is 9.59 Å². The molecule has 0 heterocycles. The molecule has 0 unspecified atom stereocenters. The van der Waals surface area contributed by atoms with Crippen molar-refractivity contribution in [1.29, 1.82) is 0 Å². The van der Waals surface area contributed by atoms with Crippen molar-refractivity contribution in [2.75, 3.05) is 20.2 Å². The SMILES string of the molecule is CC(C)NC(=O)NC(=O)CN(C)C(=O)OCC1c2ccccc2-c2ccccc21. The van der Waals surface area contributed by atoms with Crippen LogP contribution in [0.5, 0.6) is 0 Å². The molecule has 1 aliphatic rings. The third-order valence-corrected chi connectivity index (χ3v) is 4.70. The van der Waals surface area contributed by atoms with Gasteiger partial charge in [-0.3, -0.25) is 10.1 Å². The van der Waals surface area contributed by atoms with Crippen LogP contribution in [0.1, 0.15) is 30.9 Å². The van der Waals surface area contributed by atoms with Crippen LogP contribution in [0.15, 0.2) is 48.5 Å². The molecule has 0 spiro atoms. The number of fused-ring (bicyclic) bond motifs is 3. The topological polar surface area (TPSA) is 87.7 Å². The Balaban J connectivity index is 1.58. The summed E-state index contributed by atoms with van der Waals surface area (Å²) in [5.41, 5.74) is 4.53. The average Bonchev–Trinajstić information content (AvgIpc) is 2.99. The first-order valence-electron chi connectivity index (χ1n) is 9.53. The van der Waals surface area contributed by atoms with E-state index in [1.165, 1.54) is 7.05 Å². The Kier molecular flexibility index (Phi) is 6.16. The van der Waals surface area contributed by atoms with Crippen molar-refractivity contribution in [1.82, 2.24) is 15.5 Å². The Morgan fingerprint density at radius 1 is 1.00 bits per heavy atom. The Morgan fingerprint density at radius 2 is 1.55 bits per heavy atom. The van der Waals surface area contributed by atoms with Crippen LogP contribution in [0.4, 0.5) is 9.59 Å². The van der Waals surface area contributed by atoms with Gasteiger partial charge in [0, 0.05) is 19.0 Å². The first kappa shape index (κ1) is 20.4. The number of carbonyl (C=O) groups is 3. The highest BCUT2D eigenvalue weighted by molar-refractivity contribution is 5.96. The van der Waals surface area contributed by atoms with Gasteiger partial charge in [0.25, 0.3) is 0 Å². The summed E-state index contributed by atoms with van der Waals surface area (Å²) in [6.07, 6.45) is -0.619. The Hall–Kier alpha value is -3.35. The summed E-state index contributed by atoms with van der Waals surface area (Å²) in [5.74, 6) is -0.635. The number of nitrogens with zero attached hydrogens (tertiary/aromatic N) is 1. The van der Waals surface area contributed by atoms with Crippen molar-refractivity contribution in [2.45, 2.75) is 25.8 Å². The minimum atomic E-state index is -0.619. The number of hydrogen-bond acceptors (Lipinski definition) is 4. The second-order valence-electron chi connectivity index (χ2n) is 7.34. The van der Waals surface area contributed by atoms with E-state index < -0.39 is 18.0 Å². The molecule has 0 fully saturated rings. The van der Waals surface area contributed by atoms with E-state index in [0.717, 1.165) is 27.2 Å². The number of urea groups is 1. The van der Waals surface area contributed by atoms with E-state index >= 15 is 0 Å². The van der Waals surface area contributed by atoms with Gasteiger partial charge in [-0.2, -0.15) is 0 Å². The lowest BCUT2D eigenvalue weighted by Crippen LogP contribution is -2.46. The van der Waals surface area contributed by atoms with Crippen LogP contribution in [0.2, 0.25) is 0 Å². The third kappa shape index (κ3) is 4.74. The Labute approximate surface area is 170 Å². The second-order valence-corrected chi connectivity index (χ2v) is 7.34. The van der Waals surface area contributed by atoms with E-state index in [1.807, 2.05) is 36.4 Å². The van der Waals surface area contributed by atoms with E-state index in [1.54, 1.807) is 13.8 Å². The lowest BCUT2D eigenvalue weighted by Gasteiger charge is -2.19. The fraction of sp³-hybridized carbons (Fsp3) is 0.318. The molecule has 152 valence electrons. The summed E-state index contributed by atoms with van der Waals surface area (Å²) < 4.78 is 5.48. The van der Waals surface area contributed by atoms with Gasteiger partial charge in [-0.15, -0.1) is 0 Å². The zero-order chi connectivity index (χ0) is 21.0. The zero-order valence-corrected chi connectivity index (χ0v) is 16.8. The summed E-state index contributed by atoms with van der Waals surface area (Å²) in [6.45, 7) is 3.47. The van der Waals surface area contributed by atoms with Crippen molar-refractivity contribution in [2.24, 2.45) is 0 Å². The van der Waals surface area contributed by atoms with Gasteiger partial charge < -0.3 is 15.0 Å². The quantitative estimate of drug-likeness (QED) is 0.814. The fourth-order valence-electron chi connectivity index (χ4n) is 3.45. The van der Waals surface area contributed by atoms with Crippen LogP contribution in [0.25, 0.3) is 11.1 Å². The number of hydrogen-bond donors (Lipinski definition) is 2. The highest BCUT2D eigenvalue weighted by Gasteiger charge is 2.29. The highest BCUT2D eigenvalue weighted by Crippen LogP contribution is 2.44. The summed E-state index contributed by atoms with van der Waals surface area (Å²) in [7, 11) is 1.46. The molecule has 7 heteroatoms. The molecule has 3 rings (SSSR count). The molecule has 0 saturated carbocycles. The molecule has 1 aliphatic carbocycles. The van der Waals surface area contributed by atoms with E-state index in [4.69, 9.17) is 4.74 Å². The highest BCUT2D eigenvalue weighted by atomic mass is 16.6.